The van der Waals surface area contributed by atoms with Crippen LogP contribution < -0.4 is 5.32 Å². The smallest absolute Gasteiger partial charge is 0.122 e. The first-order valence-corrected chi connectivity index (χ1v) is 8.31. The summed E-state index contributed by atoms with van der Waals surface area (Å²) in [5, 5.41) is 13.4. The Morgan fingerprint density at radius 3 is 2.24 bits per heavy atom. The lowest BCUT2D eigenvalue weighted by Gasteiger charge is -2.49. The molecule has 1 N–H and O–H groups in total. The van der Waals surface area contributed by atoms with Crippen molar-refractivity contribution in [3.05, 3.63) is 0 Å². The van der Waals surface area contributed by atoms with Crippen molar-refractivity contribution >= 4 is 0 Å². The average molecular weight is 293 g/mol. The molecule has 0 aromatic rings. The fraction of sp³-hybridized carbons (Fsp3) is 0.941. The van der Waals surface area contributed by atoms with Gasteiger partial charge in [0, 0.05) is 19.6 Å². The van der Waals surface area contributed by atoms with Crippen LogP contribution in [-0.2, 0) is 4.74 Å². The summed E-state index contributed by atoms with van der Waals surface area (Å²) in [6, 6.07) is 2.62. The molecular weight excluding hydrogens is 262 g/mol. The van der Waals surface area contributed by atoms with Gasteiger partial charge in [0.1, 0.15) is 5.54 Å². The molecule has 1 aliphatic carbocycles. The van der Waals surface area contributed by atoms with E-state index in [1.165, 1.54) is 12.8 Å². The highest BCUT2D eigenvalue weighted by molar-refractivity contribution is 5.17. The third-order valence-corrected chi connectivity index (χ3v) is 4.40. The Morgan fingerprint density at radius 1 is 1.24 bits per heavy atom. The summed E-state index contributed by atoms with van der Waals surface area (Å²) >= 11 is 0. The molecule has 21 heavy (non-hydrogen) atoms. The maximum Gasteiger partial charge on any atom is 0.122 e. The first-order valence-electron chi connectivity index (χ1n) is 8.31. The molecule has 120 valence electrons. The highest BCUT2D eigenvalue weighted by atomic mass is 16.5. The van der Waals surface area contributed by atoms with Crippen LogP contribution in [0.2, 0.25) is 0 Å². The predicted octanol–water partition coefficient (Wildman–Crippen LogP) is 2.55. The van der Waals surface area contributed by atoms with Gasteiger partial charge in [-0.3, -0.25) is 10.2 Å². The highest BCUT2D eigenvalue weighted by Crippen LogP contribution is 2.41. The Bertz CT molecular complexity index is 393. The molecule has 0 aromatic carbocycles. The second-order valence-corrected chi connectivity index (χ2v) is 8.05. The molecule has 1 unspecified atom stereocenters. The molecule has 0 bridgehead atoms. The van der Waals surface area contributed by atoms with Crippen LogP contribution in [0.3, 0.4) is 0 Å². The van der Waals surface area contributed by atoms with Crippen molar-refractivity contribution in [2.75, 3.05) is 26.2 Å². The molecule has 4 heteroatoms. The molecule has 0 spiro atoms. The minimum absolute atomic E-state index is 0.156. The molecule has 2 rings (SSSR count). The van der Waals surface area contributed by atoms with Crippen LogP contribution in [0, 0.1) is 17.2 Å². The van der Waals surface area contributed by atoms with Gasteiger partial charge in [0.2, 0.25) is 0 Å². The summed E-state index contributed by atoms with van der Waals surface area (Å²) in [5.74, 6) is 0.517. The Balaban J connectivity index is 2.11. The monoisotopic (exact) mass is 293 g/mol. The van der Waals surface area contributed by atoms with Gasteiger partial charge in [0.25, 0.3) is 0 Å². The molecule has 0 radical (unpaired) electrons. The second-order valence-electron chi connectivity index (χ2n) is 8.05. The minimum atomic E-state index is -0.375. The van der Waals surface area contributed by atoms with Crippen LogP contribution in [0.5, 0.6) is 0 Å². The fourth-order valence-electron chi connectivity index (χ4n) is 3.83. The maximum atomic E-state index is 9.83. The molecule has 1 atom stereocenters. The van der Waals surface area contributed by atoms with Gasteiger partial charge in [-0.05, 0) is 59.4 Å². The largest absolute Gasteiger partial charge is 0.367 e. The Kier molecular flexibility index (Phi) is 4.68. The number of nitrogens with zero attached hydrogens (tertiary/aromatic N) is 2. The van der Waals surface area contributed by atoms with Crippen molar-refractivity contribution < 1.29 is 4.74 Å². The molecule has 1 heterocycles. The molecule has 0 amide bonds. The summed E-state index contributed by atoms with van der Waals surface area (Å²) in [5.41, 5.74) is -0.686. The van der Waals surface area contributed by atoms with Crippen LogP contribution in [-0.4, -0.2) is 47.8 Å². The first-order chi connectivity index (χ1) is 9.72. The lowest BCUT2D eigenvalue weighted by molar-refractivity contribution is -0.182. The number of hydrogen-bond acceptors (Lipinski definition) is 4. The molecule has 4 nitrogen and oxygen atoms in total. The van der Waals surface area contributed by atoms with Crippen molar-refractivity contribution in [3.8, 4) is 6.07 Å². The van der Waals surface area contributed by atoms with E-state index in [0.717, 1.165) is 32.6 Å². The number of hydrogen-bond donors (Lipinski definition) is 1. The van der Waals surface area contributed by atoms with Gasteiger partial charge in [-0.25, -0.2) is 0 Å². The molecule has 1 saturated heterocycles. The zero-order valence-corrected chi connectivity index (χ0v) is 14.3. The van der Waals surface area contributed by atoms with Gasteiger partial charge in [-0.15, -0.1) is 0 Å². The van der Waals surface area contributed by atoms with E-state index in [0.29, 0.717) is 5.92 Å². The Hall–Kier alpha value is -0.630. The molecular formula is C17H31N3O. The number of nitriles is 1. The third-order valence-electron chi connectivity index (χ3n) is 4.40. The van der Waals surface area contributed by atoms with Crippen LogP contribution in [0.4, 0.5) is 0 Å². The standard InChI is InChI=1S/C17H31N3O/c1-6-9-19-17(10-18,14-7-8-14)13-20-11-15(2,3)21-16(4,5)12-20/h14,19H,6-9,11-13H2,1-5H3. The minimum Gasteiger partial charge on any atom is -0.367 e. The van der Waals surface area contributed by atoms with Crippen molar-refractivity contribution in [3.63, 3.8) is 0 Å². The van der Waals surface area contributed by atoms with E-state index >= 15 is 0 Å². The fourth-order valence-corrected chi connectivity index (χ4v) is 3.83. The summed E-state index contributed by atoms with van der Waals surface area (Å²) < 4.78 is 6.15. The van der Waals surface area contributed by atoms with Crippen molar-refractivity contribution in [2.45, 2.75) is 70.6 Å². The maximum absolute atomic E-state index is 9.83. The number of nitrogens with one attached hydrogen (secondary N) is 1. The summed E-state index contributed by atoms with van der Waals surface area (Å²) in [4.78, 5) is 2.42. The molecule has 1 saturated carbocycles. The van der Waals surface area contributed by atoms with E-state index in [9.17, 15) is 5.26 Å². The summed E-state index contributed by atoms with van der Waals surface area (Å²) in [6.45, 7) is 14.2. The summed E-state index contributed by atoms with van der Waals surface area (Å²) in [6.07, 6.45) is 3.43. The number of morpholine rings is 1. The average Bonchev–Trinajstić information content (AvgIpc) is 3.15. The van der Waals surface area contributed by atoms with E-state index in [1.807, 2.05) is 0 Å². The Labute approximate surface area is 129 Å². The molecule has 1 aliphatic heterocycles. The normalized spacial score (nSPS) is 27.8. The number of ether oxygens (including phenoxy) is 1. The van der Waals surface area contributed by atoms with Gasteiger partial charge in [0.15, 0.2) is 0 Å². The van der Waals surface area contributed by atoms with Gasteiger partial charge in [0.05, 0.1) is 17.3 Å². The van der Waals surface area contributed by atoms with E-state index in [-0.39, 0.29) is 16.7 Å². The number of rotatable bonds is 6. The quantitative estimate of drug-likeness (QED) is 0.817. The van der Waals surface area contributed by atoms with Gasteiger partial charge in [-0.1, -0.05) is 6.92 Å². The lowest BCUT2D eigenvalue weighted by Crippen LogP contribution is -2.63. The van der Waals surface area contributed by atoms with E-state index in [2.05, 4.69) is 50.9 Å². The van der Waals surface area contributed by atoms with Gasteiger partial charge in [-0.2, -0.15) is 5.26 Å². The van der Waals surface area contributed by atoms with Crippen LogP contribution in [0.25, 0.3) is 0 Å². The highest BCUT2D eigenvalue weighted by Gasteiger charge is 2.48. The van der Waals surface area contributed by atoms with Crippen LogP contribution in [0.15, 0.2) is 0 Å². The molecule has 0 aromatic heterocycles. The van der Waals surface area contributed by atoms with E-state index in [1.54, 1.807) is 0 Å². The van der Waals surface area contributed by atoms with Gasteiger partial charge >= 0.3 is 0 Å². The Morgan fingerprint density at radius 2 is 1.81 bits per heavy atom. The van der Waals surface area contributed by atoms with Crippen molar-refractivity contribution in [1.29, 1.82) is 5.26 Å². The summed E-state index contributed by atoms with van der Waals surface area (Å²) in [7, 11) is 0. The topological polar surface area (TPSA) is 48.3 Å². The van der Waals surface area contributed by atoms with Crippen molar-refractivity contribution in [2.24, 2.45) is 5.92 Å². The third kappa shape index (κ3) is 4.18. The lowest BCUT2D eigenvalue weighted by atomic mass is 9.91. The predicted molar refractivity (Wildman–Crippen MR) is 85.0 cm³/mol. The molecule has 2 aliphatic rings. The van der Waals surface area contributed by atoms with Gasteiger partial charge < -0.3 is 4.74 Å². The van der Waals surface area contributed by atoms with E-state index in [4.69, 9.17) is 4.74 Å². The first kappa shape index (κ1) is 16.7. The SMILES string of the molecule is CCCNC(C#N)(CN1CC(C)(C)OC(C)(C)C1)C1CC1. The van der Waals surface area contributed by atoms with Crippen molar-refractivity contribution in [1.82, 2.24) is 10.2 Å². The second kappa shape index (κ2) is 5.87. The molecule has 2 fully saturated rings. The van der Waals surface area contributed by atoms with Crippen LogP contribution in [0.1, 0.15) is 53.9 Å². The zero-order chi connectivity index (χ0) is 15.7. The van der Waals surface area contributed by atoms with E-state index < -0.39 is 0 Å². The zero-order valence-electron chi connectivity index (χ0n) is 14.3. The van der Waals surface area contributed by atoms with Crippen LogP contribution >= 0.6 is 0 Å².